The number of hydrogen-bond donors (Lipinski definition) is 2. The Labute approximate surface area is 112 Å². The zero-order valence-corrected chi connectivity index (χ0v) is 11.3. The van der Waals surface area contributed by atoms with Crippen molar-refractivity contribution in [3.63, 3.8) is 0 Å². The molecule has 2 unspecified atom stereocenters. The summed E-state index contributed by atoms with van der Waals surface area (Å²) in [5, 5.41) is 2.96. The van der Waals surface area contributed by atoms with Crippen molar-refractivity contribution in [3.8, 4) is 0 Å². The molecule has 1 rings (SSSR count). The maximum absolute atomic E-state index is 12.0. The maximum atomic E-state index is 12.0. The molecule has 0 aromatic carbocycles. The van der Waals surface area contributed by atoms with E-state index in [9.17, 15) is 14.4 Å². The van der Waals surface area contributed by atoms with E-state index in [1.807, 2.05) is 13.8 Å². The summed E-state index contributed by atoms with van der Waals surface area (Å²) in [6, 6.07) is -0.559. The molecular weight excluding hydrogens is 250 g/mol. The fourth-order valence-corrected chi connectivity index (χ4v) is 1.93. The standard InChI is InChI=1S/C12H21N3O4/c1-3-8(2)15-11(17)6-9(12(15)18)14-4-5-19-7-10(13)16/h8-9,14H,3-7H2,1-2H3,(H2,13,16). The first-order valence-electron chi connectivity index (χ1n) is 6.42. The third-order valence-corrected chi connectivity index (χ3v) is 3.10. The van der Waals surface area contributed by atoms with Gasteiger partial charge in [-0.1, -0.05) is 6.92 Å². The average molecular weight is 271 g/mol. The highest BCUT2D eigenvalue weighted by molar-refractivity contribution is 6.05. The van der Waals surface area contributed by atoms with Gasteiger partial charge in [-0.25, -0.2) is 0 Å². The lowest BCUT2D eigenvalue weighted by molar-refractivity contribution is -0.141. The Morgan fingerprint density at radius 2 is 2.26 bits per heavy atom. The van der Waals surface area contributed by atoms with E-state index in [0.717, 1.165) is 6.42 Å². The summed E-state index contributed by atoms with van der Waals surface area (Å²) in [5.74, 6) is -0.862. The topological polar surface area (TPSA) is 102 Å². The van der Waals surface area contributed by atoms with Crippen molar-refractivity contribution >= 4 is 17.7 Å². The molecule has 0 bridgehead atoms. The van der Waals surface area contributed by atoms with Crippen LogP contribution in [0.3, 0.4) is 0 Å². The van der Waals surface area contributed by atoms with Gasteiger partial charge in [-0.05, 0) is 13.3 Å². The Balaban J connectivity index is 2.34. The molecule has 1 aliphatic heterocycles. The smallest absolute Gasteiger partial charge is 0.247 e. The second kappa shape index (κ2) is 7.20. The van der Waals surface area contributed by atoms with Gasteiger partial charge in [0.2, 0.25) is 17.7 Å². The van der Waals surface area contributed by atoms with Crippen LogP contribution < -0.4 is 11.1 Å². The number of amides is 3. The van der Waals surface area contributed by atoms with Gasteiger partial charge in [-0.15, -0.1) is 0 Å². The number of likely N-dealkylation sites (tertiary alicyclic amines) is 1. The van der Waals surface area contributed by atoms with Crippen LogP contribution >= 0.6 is 0 Å². The molecule has 0 saturated carbocycles. The first kappa shape index (κ1) is 15.6. The fraction of sp³-hybridized carbons (Fsp3) is 0.750. The number of imide groups is 1. The number of nitrogens with one attached hydrogen (secondary N) is 1. The Hall–Kier alpha value is -1.47. The van der Waals surface area contributed by atoms with Crippen LogP contribution in [0.15, 0.2) is 0 Å². The van der Waals surface area contributed by atoms with E-state index in [1.165, 1.54) is 4.90 Å². The molecule has 108 valence electrons. The molecule has 0 aliphatic carbocycles. The van der Waals surface area contributed by atoms with Crippen molar-refractivity contribution in [2.24, 2.45) is 5.73 Å². The molecule has 7 heteroatoms. The number of carbonyl (C=O) groups is 3. The molecule has 1 fully saturated rings. The van der Waals surface area contributed by atoms with E-state index < -0.39 is 11.9 Å². The average Bonchev–Trinajstić information content (AvgIpc) is 2.63. The molecule has 1 saturated heterocycles. The predicted molar refractivity (Wildman–Crippen MR) is 68.0 cm³/mol. The van der Waals surface area contributed by atoms with Crippen molar-refractivity contribution in [2.45, 2.75) is 38.8 Å². The Morgan fingerprint density at radius 3 is 2.84 bits per heavy atom. The molecule has 0 aromatic heterocycles. The summed E-state index contributed by atoms with van der Waals surface area (Å²) < 4.78 is 4.97. The minimum Gasteiger partial charge on any atom is -0.370 e. The first-order valence-corrected chi connectivity index (χ1v) is 6.42. The van der Waals surface area contributed by atoms with E-state index in [1.54, 1.807) is 0 Å². The molecule has 7 nitrogen and oxygen atoms in total. The summed E-state index contributed by atoms with van der Waals surface area (Å²) in [6.07, 6.45) is 0.922. The summed E-state index contributed by atoms with van der Waals surface area (Å²) in [4.78, 5) is 35.5. The second-order valence-corrected chi connectivity index (χ2v) is 4.59. The van der Waals surface area contributed by atoms with Crippen LogP contribution in [0.1, 0.15) is 26.7 Å². The summed E-state index contributed by atoms with van der Waals surface area (Å²) in [7, 11) is 0. The van der Waals surface area contributed by atoms with Crippen LogP contribution in [-0.4, -0.2) is 54.5 Å². The van der Waals surface area contributed by atoms with Gasteiger partial charge >= 0.3 is 0 Å². The Kier molecular flexibility index (Phi) is 5.91. The second-order valence-electron chi connectivity index (χ2n) is 4.59. The molecule has 1 aliphatic rings. The van der Waals surface area contributed by atoms with Crippen LogP contribution in [0.25, 0.3) is 0 Å². The zero-order chi connectivity index (χ0) is 14.4. The number of nitrogens with two attached hydrogens (primary N) is 1. The lowest BCUT2D eigenvalue weighted by Gasteiger charge is -2.21. The van der Waals surface area contributed by atoms with Gasteiger partial charge in [0.25, 0.3) is 0 Å². The van der Waals surface area contributed by atoms with Gasteiger partial charge in [0.15, 0.2) is 0 Å². The molecular formula is C12H21N3O4. The highest BCUT2D eigenvalue weighted by Gasteiger charge is 2.40. The highest BCUT2D eigenvalue weighted by atomic mass is 16.5. The predicted octanol–water partition coefficient (Wildman–Crippen LogP) is -0.996. The third kappa shape index (κ3) is 4.29. The number of hydrogen-bond acceptors (Lipinski definition) is 5. The van der Waals surface area contributed by atoms with Crippen molar-refractivity contribution in [3.05, 3.63) is 0 Å². The monoisotopic (exact) mass is 271 g/mol. The van der Waals surface area contributed by atoms with Crippen LogP contribution in [0, 0.1) is 0 Å². The number of nitrogens with zero attached hydrogens (tertiary/aromatic N) is 1. The van der Waals surface area contributed by atoms with E-state index in [2.05, 4.69) is 5.32 Å². The molecule has 3 N–H and O–H groups in total. The number of primary amides is 1. The van der Waals surface area contributed by atoms with Gasteiger partial charge in [-0.2, -0.15) is 0 Å². The van der Waals surface area contributed by atoms with Crippen LogP contribution in [-0.2, 0) is 19.1 Å². The van der Waals surface area contributed by atoms with E-state index in [-0.39, 0.29) is 37.5 Å². The van der Waals surface area contributed by atoms with Gasteiger partial charge in [0.1, 0.15) is 6.61 Å². The number of carbonyl (C=O) groups excluding carboxylic acids is 3. The van der Waals surface area contributed by atoms with Crippen molar-refractivity contribution in [1.82, 2.24) is 10.2 Å². The third-order valence-electron chi connectivity index (χ3n) is 3.10. The van der Waals surface area contributed by atoms with Crippen LogP contribution in [0.2, 0.25) is 0 Å². The zero-order valence-electron chi connectivity index (χ0n) is 11.3. The van der Waals surface area contributed by atoms with Gasteiger partial charge in [0.05, 0.1) is 19.1 Å². The molecule has 0 radical (unpaired) electrons. The fourth-order valence-electron chi connectivity index (χ4n) is 1.93. The normalized spacial score (nSPS) is 20.9. The number of ether oxygens (including phenoxy) is 1. The van der Waals surface area contributed by atoms with E-state index in [4.69, 9.17) is 10.5 Å². The Bertz CT molecular complexity index is 359. The summed E-state index contributed by atoms with van der Waals surface area (Å²) in [5.41, 5.74) is 4.91. The van der Waals surface area contributed by atoms with E-state index in [0.29, 0.717) is 6.54 Å². The quantitative estimate of drug-likeness (QED) is 0.436. The molecule has 2 atom stereocenters. The van der Waals surface area contributed by atoms with Gasteiger partial charge < -0.3 is 15.8 Å². The highest BCUT2D eigenvalue weighted by Crippen LogP contribution is 2.17. The van der Waals surface area contributed by atoms with Crippen LogP contribution in [0.5, 0.6) is 0 Å². The van der Waals surface area contributed by atoms with Crippen molar-refractivity contribution < 1.29 is 19.1 Å². The van der Waals surface area contributed by atoms with Gasteiger partial charge in [0, 0.05) is 12.6 Å². The summed E-state index contributed by atoms with van der Waals surface area (Å²) >= 11 is 0. The van der Waals surface area contributed by atoms with E-state index >= 15 is 0 Å². The molecule has 3 amide bonds. The Morgan fingerprint density at radius 1 is 1.58 bits per heavy atom. The van der Waals surface area contributed by atoms with Gasteiger partial charge in [-0.3, -0.25) is 19.3 Å². The van der Waals surface area contributed by atoms with Crippen molar-refractivity contribution in [1.29, 1.82) is 0 Å². The molecule has 0 aromatic rings. The minimum absolute atomic E-state index is 0.0714. The minimum atomic E-state index is -0.532. The number of rotatable bonds is 8. The maximum Gasteiger partial charge on any atom is 0.247 e. The van der Waals surface area contributed by atoms with Crippen molar-refractivity contribution in [2.75, 3.05) is 19.8 Å². The summed E-state index contributed by atoms with van der Waals surface area (Å²) in [6.45, 7) is 4.31. The molecule has 1 heterocycles. The van der Waals surface area contributed by atoms with Crippen LogP contribution in [0.4, 0.5) is 0 Å². The molecule has 19 heavy (non-hydrogen) atoms. The molecule has 0 spiro atoms. The lowest BCUT2D eigenvalue weighted by atomic mass is 10.2. The SMILES string of the molecule is CCC(C)N1C(=O)CC(NCCOCC(N)=O)C1=O. The largest absolute Gasteiger partial charge is 0.370 e. The first-order chi connectivity index (χ1) is 8.97. The lowest BCUT2D eigenvalue weighted by Crippen LogP contribution is -2.43.